The van der Waals surface area contributed by atoms with E-state index in [0.717, 1.165) is 42.7 Å². The van der Waals surface area contributed by atoms with Crippen molar-refractivity contribution >= 4 is 23.4 Å². The Bertz CT molecular complexity index is 788. The maximum Gasteiger partial charge on any atom is 0.409 e. The van der Waals surface area contributed by atoms with Crippen LogP contribution in [-0.2, 0) is 11.2 Å². The Kier molecular flexibility index (Phi) is 6.11. The fraction of sp³-hybridized carbons (Fsp3) is 0.450. The van der Waals surface area contributed by atoms with Gasteiger partial charge in [0.05, 0.1) is 6.61 Å². The molecule has 1 amide bonds. The molecule has 1 aromatic heterocycles. The number of rotatable bonds is 5. The molecule has 0 unspecified atom stereocenters. The van der Waals surface area contributed by atoms with E-state index in [2.05, 4.69) is 39.2 Å². The molecule has 1 aromatic carbocycles. The van der Waals surface area contributed by atoms with Gasteiger partial charge in [-0.25, -0.2) is 14.8 Å². The molecule has 0 bridgehead atoms. The molecular weight excluding hydrogens is 342 g/mol. The Morgan fingerprint density at radius 2 is 1.89 bits per heavy atom. The van der Waals surface area contributed by atoms with E-state index in [1.807, 2.05) is 32.0 Å². The second-order valence-electron chi connectivity index (χ2n) is 6.47. The number of para-hydroxylation sites is 1. The van der Waals surface area contributed by atoms with Crippen LogP contribution in [-0.4, -0.2) is 53.7 Å². The zero-order valence-corrected chi connectivity index (χ0v) is 16.2. The number of amides is 1. The standard InChI is InChI=1S/C20H27N5O2/c1-4-16-8-6-7-9-17(16)23-18-14-19(22-15(3)21-18)24-10-12-25(13-11-24)20(26)27-5-2/h6-9,14H,4-5,10-13H2,1-3H3,(H,21,22,23). The topological polar surface area (TPSA) is 70.6 Å². The molecule has 7 nitrogen and oxygen atoms in total. The molecule has 0 atom stereocenters. The monoisotopic (exact) mass is 369 g/mol. The molecule has 1 aliphatic heterocycles. The lowest BCUT2D eigenvalue weighted by Gasteiger charge is -2.34. The predicted molar refractivity (Wildman–Crippen MR) is 107 cm³/mol. The Morgan fingerprint density at radius 3 is 2.59 bits per heavy atom. The molecule has 1 saturated heterocycles. The van der Waals surface area contributed by atoms with Crippen molar-refractivity contribution in [2.45, 2.75) is 27.2 Å². The molecule has 0 radical (unpaired) electrons. The lowest BCUT2D eigenvalue weighted by Crippen LogP contribution is -2.49. The van der Waals surface area contributed by atoms with Crippen LogP contribution in [0.5, 0.6) is 0 Å². The first-order valence-corrected chi connectivity index (χ1v) is 9.48. The molecule has 0 aliphatic carbocycles. The molecule has 144 valence electrons. The average molecular weight is 369 g/mol. The lowest BCUT2D eigenvalue weighted by atomic mass is 10.1. The largest absolute Gasteiger partial charge is 0.450 e. The highest BCUT2D eigenvalue weighted by atomic mass is 16.6. The molecule has 0 saturated carbocycles. The summed E-state index contributed by atoms with van der Waals surface area (Å²) in [4.78, 5) is 24.9. The van der Waals surface area contributed by atoms with Crippen molar-refractivity contribution in [3.8, 4) is 0 Å². The second-order valence-corrected chi connectivity index (χ2v) is 6.47. The van der Waals surface area contributed by atoms with Crippen molar-refractivity contribution in [2.75, 3.05) is 43.0 Å². The molecule has 3 rings (SSSR count). The van der Waals surface area contributed by atoms with Gasteiger partial charge in [0.15, 0.2) is 0 Å². The summed E-state index contributed by atoms with van der Waals surface area (Å²) in [5, 5.41) is 3.43. The highest BCUT2D eigenvalue weighted by Gasteiger charge is 2.23. The van der Waals surface area contributed by atoms with Gasteiger partial charge in [-0.1, -0.05) is 25.1 Å². The van der Waals surface area contributed by atoms with Crippen LogP contribution >= 0.6 is 0 Å². The summed E-state index contributed by atoms with van der Waals surface area (Å²) < 4.78 is 5.08. The number of hydrogen-bond acceptors (Lipinski definition) is 6. The van der Waals surface area contributed by atoms with E-state index in [4.69, 9.17) is 4.74 Å². The minimum atomic E-state index is -0.241. The summed E-state index contributed by atoms with van der Waals surface area (Å²) in [6.07, 6.45) is 0.713. The van der Waals surface area contributed by atoms with E-state index < -0.39 is 0 Å². The molecule has 2 aromatic rings. The summed E-state index contributed by atoms with van der Waals surface area (Å²) in [7, 11) is 0. The molecule has 1 aliphatic rings. The first-order chi connectivity index (χ1) is 13.1. The van der Waals surface area contributed by atoms with E-state index in [9.17, 15) is 4.79 Å². The number of ether oxygens (including phenoxy) is 1. The van der Waals surface area contributed by atoms with Crippen LogP contribution in [0.15, 0.2) is 30.3 Å². The fourth-order valence-corrected chi connectivity index (χ4v) is 3.20. The SMILES string of the molecule is CCOC(=O)N1CCN(c2cc(Nc3ccccc3CC)nc(C)n2)CC1. The maximum absolute atomic E-state index is 11.9. The van der Waals surface area contributed by atoms with Gasteiger partial charge in [-0.05, 0) is 31.9 Å². The predicted octanol–water partition coefficient (Wildman–Crippen LogP) is 3.37. The Labute approximate surface area is 160 Å². The number of nitrogens with one attached hydrogen (secondary N) is 1. The third-order valence-electron chi connectivity index (χ3n) is 4.62. The van der Waals surface area contributed by atoms with Crippen molar-refractivity contribution in [1.29, 1.82) is 0 Å². The zero-order valence-electron chi connectivity index (χ0n) is 16.2. The number of benzene rings is 1. The van der Waals surface area contributed by atoms with E-state index in [1.165, 1.54) is 5.56 Å². The summed E-state index contributed by atoms with van der Waals surface area (Å²) in [5.74, 6) is 2.38. The number of hydrogen-bond donors (Lipinski definition) is 1. The number of aryl methyl sites for hydroxylation is 2. The fourth-order valence-electron chi connectivity index (χ4n) is 3.20. The number of carbonyl (C=O) groups excluding carboxylic acids is 1. The molecule has 2 heterocycles. The van der Waals surface area contributed by atoms with Crippen LogP contribution in [0.2, 0.25) is 0 Å². The average Bonchev–Trinajstić information content (AvgIpc) is 2.68. The number of piperazine rings is 1. The van der Waals surface area contributed by atoms with Crippen LogP contribution < -0.4 is 10.2 Å². The van der Waals surface area contributed by atoms with Crippen LogP contribution in [0.1, 0.15) is 25.2 Å². The minimum Gasteiger partial charge on any atom is -0.450 e. The van der Waals surface area contributed by atoms with Gasteiger partial charge in [-0.3, -0.25) is 0 Å². The summed E-state index contributed by atoms with van der Waals surface area (Å²) in [6, 6.07) is 10.2. The molecule has 7 heteroatoms. The smallest absolute Gasteiger partial charge is 0.409 e. The zero-order chi connectivity index (χ0) is 19.2. The summed E-state index contributed by atoms with van der Waals surface area (Å²) in [5.41, 5.74) is 2.31. The lowest BCUT2D eigenvalue weighted by molar-refractivity contribution is 0.105. The van der Waals surface area contributed by atoms with Gasteiger partial charge < -0.3 is 19.9 Å². The minimum absolute atomic E-state index is 0.241. The molecule has 0 spiro atoms. The van der Waals surface area contributed by atoms with Crippen molar-refractivity contribution in [3.05, 3.63) is 41.7 Å². The Morgan fingerprint density at radius 1 is 1.15 bits per heavy atom. The normalized spacial score (nSPS) is 14.2. The maximum atomic E-state index is 11.9. The first kappa shape index (κ1) is 18.9. The highest BCUT2D eigenvalue weighted by molar-refractivity contribution is 5.68. The Hall–Kier alpha value is -2.83. The summed E-state index contributed by atoms with van der Waals surface area (Å²) >= 11 is 0. The van der Waals surface area contributed by atoms with Gasteiger partial charge in [-0.2, -0.15) is 0 Å². The molecule has 27 heavy (non-hydrogen) atoms. The molecular formula is C20H27N5O2. The van der Waals surface area contributed by atoms with E-state index in [-0.39, 0.29) is 6.09 Å². The van der Waals surface area contributed by atoms with E-state index in [1.54, 1.807) is 4.90 Å². The van der Waals surface area contributed by atoms with Gasteiger partial charge in [-0.15, -0.1) is 0 Å². The number of aromatic nitrogens is 2. The molecule has 1 fully saturated rings. The number of nitrogens with zero attached hydrogens (tertiary/aromatic N) is 4. The summed E-state index contributed by atoms with van der Waals surface area (Å²) in [6.45, 7) is 8.96. The van der Waals surface area contributed by atoms with Crippen LogP contribution in [0.4, 0.5) is 22.1 Å². The van der Waals surface area contributed by atoms with Crippen molar-refractivity contribution in [3.63, 3.8) is 0 Å². The van der Waals surface area contributed by atoms with Gasteiger partial charge >= 0.3 is 6.09 Å². The molecule has 1 N–H and O–H groups in total. The Balaban J connectivity index is 1.72. The van der Waals surface area contributed by atoms with Gasteiger partial charge in [0.1, 0.15) is 17.5 Å². The van der Waals surface area contributed by atoms with E-state index in [0.29, 0.717) is 19.7 Å². The third kappa shape index (κ3) is 4.67. The van der Waals surface area contributed by atoms with Crippen molar-refractivity contribution < 1.29 is 9.53 Å². The van der Waals surface area contributed by atoms with Crippen LogP contribution in [0.3, 0.4) is 0 Å². The first-order valence-electron chi connectivity index (χ1n) is 9.48. The van der Waals surface area contributed by atoms with Gasteiger partial charge in [0.2, 0.25) is 0 Å². The van der Waals surface area contributed by atoms with Crippen molar-refractivity contribution in [2.24, 2.45) is 0 Å². The van der Waals surface area contributed by atoms with Crippen molar-refractivity contribution in [1.82, 2.24) is 14.9 Å². The van der Waals surface area contributed by atoms with Crippen LogP contribution in [0, 0.1) is 6.92 Å². The van der Waals surface area contributed by atoms with Crippen LogP contribution in [0.25, 0.3) is 0 Å². The van der Waals surface area contributed by atoms with E-state index >= 15 is 0 Å². The highest BCUT2D eigenvalue weighted by Crippen LogP contribution is 2.23. The second kappa shape index (κ2) is 8.70. The quantitative estimate of drug-likeness (QED) is 0.871. The third-order valence-corrected chi connectivity index (χ3v) is 4.62. The van der Waals surface area contributed by atoms with Gasteiger partial charge in [0, 0.05) is 37.9 Å². The van der Waals surface area contributed by atoms with Gasteiger partial charge in [0.25, 0.3) is 0 Å². The number of anilines is 3. The number of carbonyl (C=O) groups is 1.